The largest absolute Gasteiger partial charge is 0.497 e. The van der Waals surface area contributed by atoms with Gasteiger partial charge in [0.05, 0.1) is 7.11 Å². The molecule has 2 aliphatic rings. The van der Waals surface area contributed by atoms with E-state index >= 15 is 0 Å². The average Bonchev–Trinajstić information content (AvgIpc) is 3.38. The number of amides is 2. The van der Waals surface area contributed by atoms with Crippen molar-refractivity contribution in [1.82, 2.24) is 10.2 Å². The summed E-state index contributed by atoms with van der Waals surface area (Å²) in [5.74, 6) is 2.02. The van der Waals surface area contributed by atoms with E-state index in [4.69, 9.17) is 14.2 Å². The number of carbonyl (C=O) groups excluding carboxylic acids is 2. The van der Waals surface area contributed by atoms with Gasteiger partial charge in [-0.3, -0.25) is 9.59 Å². The van der Waals surface area contributed by atoms with Crippen LogP contribution in [-0.4, -0.2) is 49.1 Å². The minimum Gasteiger partial charge on any atom is -0.497 e. The molecule has 2 amide bonds. The van der Waals surface area contributed by atoms with Crippen molar-refractivity contribution >= 4 is 11.8 Å². The Kier molecular flexibility index (Phi) is 7.93. The van der Waals surface area contributed by atoms with Crippen molar-refractivity contribution in [3.63, 3.8) is 0 Å². The van der Waals surface area contributed by atoms with Crippen LogP contribution in [-0.2, 0) is 22.6 Å². The predicted octanol–water partition coefficient (Wildman–Crippen LogP) is 3.88. The first-order chi connectivity index (χ1) is 16.5. The molecular weight excluding hydrogens is 432 g/mol. The first kappa shape index (κ1) is 23.9. The number of nitrogens with one attached hydrogen (secondary N) is 1. The van der Waals surface area contributed by atoms with E-state index in [9.17, 15) is 9.59 Å². The molecule has 2 aromatic rings. The van der Waals surface area contributed by atoms with Gasteiger partial charge >= 0.3 is 0 Å². The summed E-state index contributed by atoms with van der Waals surface area (Å²) < 4.78 is 16.6. The molecule has 1 aliphatic carbocycles. The maximum absolute atomic E-state index is 13.4. The van der Waals surface area contributed by atoms with Crippen molar-refractivity contribution in [3.8, 4) is 17.2 Å². The van der Waals surface area contributed by atoms with Crippen molar-refractivity contribution in [1.29, 1.82) is 0 Å². The molecule has 0 aromatic heterocycles. The fourth-order valence-corrected chi connectivity index (χ4v) is 4.58. The van der Waals surface area contributed by atoms with Crippen LogP contribution in [0.2, 0.25) is 0 Å². The standard InChI is InChI=1S/C27H34N2O5/c1-19(27(31)28-22-7-3-4-8-22)29(18-21-6-5-9-23(16-21)32-2)26(30)13-11-20-10-12-24-25(17-20)34-15-14-33-24/h5-6,9-10,12,16-17,19,22H,3-4,7-8,11,13-15,18H2,1-2H3,(H,28,31)/t19-/m0/s1. The zero-order valence-electron chi connectivity index (χ0n) is 20.0. The molecule has 0 saturated heterocycles. The van der Waals surface area contributed by atoms with Gasteiger partial charge < -0.3 is 24.4 Å². The lowest BCUT2D eigenvalue weighted by molar-refractivity contribution is -0.140. The molecule has 1 atom stereocenters. The summed E-state index contributed by atoms with van der Waals surface area (Å²) in [5.41, 5.74) is 1.93. The van der Waals surface area contributed by atoms with Crippen molar-refractivity contribution in [2.75, 3.05) is 20.3 Å². The minimum absolute atomic E-state index is 0.0632. The molecule has 7 heteroatoms. The van der Waals surface area contributed by atoms with Gasteiger partial charge in [0.2, 0.25) is 11.8 Å². The molecule has 1 aliphatic heterocycles. The second-order valence-electron chi connectivity index (χ2n) is 9.02. The summed E-state index contributed by atoms with van der Waals surface area (Å²) >= 11 is 0. The Hall–Kier alpha value is -3.22. The van der Waals surface area contributed by atoms with Crippen LogP contribution < -0.4 is 19.5 Å². The van der Waals surface area contributed by atoms with Gasteiger partial charge in [-0.15, -0.1) is 0 Å². The first-order valence-electron chi connectivity index (χ1n) is 12.1. The number of hydrogen-bond acceptors (Lipinski definition) is 5. The third-order valence-corrected chi connectivity index (χ3v) is 6.59. The minimum atomic E-state index is -0.570. The predicted molar refractivity (Wildman–Crippen MR) is 129 cm³/mol. The first-order valence-corrected chi connectivity index (χ1v) is 12.1. The van der Waals surface area contributed by atoms with Gasteiger partial charge in [-0.05, 0) is 61.6 Å². The number of fused-ring (bicyclic) bond motifs is 1. The molecule has 1 saturated carbocycles. The third-order valence-electron chi connectivity index (χ3n) is 6.59. The highest BCUT2D eigenvalue weighted by Gasteiger charge is 2.28. The van der Waals surface area contributed by atoms with E-state index in [0.29, 0.717) is 38.3 Å². The van der Waals surface area contributed by atoms with Crippen molar-refractivity contribution in [3.05, 3.63) is 53.6 Å². The highest BCUT2D eigenvalue weighted by molar-refractivity contribution is 5.87. The number of nitrogens with zero attached hydrogens (tertiary/aromatic N) is 1. The Labute approximate surface area is 201 Å². The molecule has 0 bridgehead atoms. The average molecular weight is 467 g/mol. The number of benzene rings is 2. The number of aryl methyl sites for hydroxylation is 1. The van der Waals surface area contributed by atoms with Crippen LogP contribution in [0.15, 0.2) is 42.5 Å². The maximum atomic E-state index is 13.4. The molecule has 0 radical (unpaired) electrons. The van der Waals surface area contributed by atoms with Gasteiger partial charge in [0.25, 0.3) is 0 Å². The second kappa shape index (κ2) is 11.3. The highest BCUT2D eigenvalue weighted by atomic mass is 16.6. The molecule has 1 fully saturated rings. The highest BCUT2D eigenvalue weighted by Crippen LogP contribution is 2.31. The number of methoxy groups -OCH3 is 1. The number of carbonyl (C=O) groups is 2. The topological polar surface area (TPSA) is 77.1 Å². The fourth-order valence-electron chi connectivity index (χ4n) is 4.58. The summed E-state index contributed by atoms with van der Waals surface area (Å²) in [6.45, 7) is 3.23. The Morgan fingerprint density at radius 3 is 2.59 bits per heavy atom. The molecule has 7 nitrogen and oxygen atoms in total. The van der Waals surface area contributed by atoms with Crippen LogP contribution in [0.4, 0.5) is 0 Å². The molecule has 34 heavy (non-hydrogen) atoms. The fraction of sp³-hybridized carbons (Fsp3) is 0.481. The Morgan fingerprint density at radius 2 is 1.82 bits per heavy atom. The van der Waals surface area contributed by atoms with E-state index in [2.05, 4.69) is 5.32 Å². The van der Waals surface area contributed by atoms with Gasteiger partial charge in [-0.1, -0.05) is 31.0 Å². The molecule has 1 heterocycles. The molecule has 1 N–H and O–H groups in total. The summed E-state index contributed by atoms with van der Waals surface area (Å²) in [6.07, 6.45) is 5.15. The van der Waals surface area contributed by atoms with E-state index in [-0.39, 0.29) is 17.9 Å². The third kappa shape index (κ3) is 6.01. The van der Waals surface area contributed by atoms with Crippen molar-refractivity contribution < 1.29 is 23.8 Å². The van der Waals surface area contributed by atoms with Crippen LogP contribution in [0.5, 0.6) is 17.2 Å². The van der Waals surface area contributed by atoms with E-state index in [0.717, 1.165) is 48.3 Å². The lowest BCUT2D eigenvalue weighted by Gasteiger charge is -2.30. The van der Waals surface area contributed by atoms with Gasteiger partial charge in [-0.2, -0.15) is 0 Å². The molecule has 4 rings (SSSR count). The lowest BCUT2D eigenvalue weighted by atomic mass is 10.1. The number of rotatable bonds is 9. The smallest absolute Gasteiger partial charge is 0.242 e. The van der Waals surface area contributed by atoms with E-state index in [1.807, 2.05) is 49.4 Å². The Balaban J connectivity index is 1.46. The van der Waals surface area contributed by atoms with E-state index < -0.39 is 6.04 Å². The molecule has 2 aromatic carbocycles. The van der Waals surface area contributed by atoms with Crippen molar-refractivity contribution in [2.45, 2.75) is 64.1 Å². The number of hydrogen-bond donors (Lipinski definition) is 1. The van der Waals surface area contributed by atoms with Crippen LogP contribution >= 0.6 is 0 Å². The zero-order chi connectivity index (χ0) is 23.9. The summed E-state index contributed by atoms with van der Waals surface area (Å²) in [5, 5.41) is 3.14. The number of ether oxygens (including phenoxy) is 3. The van der Waals surface area contributed by atoms with Crippen LogP contribution in [0.1, 0.15) is 50.2 Å². The zero-order valence-corrected chi connectivity index (χ0v) is 20.0. The molecule has 0 spiro atoms. The lowest BCUT2D eigenvalue weighted by Crippen LogP contribution is -2.49. The monoisotopic (exact) mass is 466 g/mol. The van der Waals surface area contributed by atoms with Gasteiger partial charge in [0.1, 0.15) is 25.0 Å². The van der Waals surface area contributed by atoms with E-state index in [1.165, 1.54) is 0 Å². The Bertz CT molecular complexity index is 1000. The van der Waals surface area contributed by atoms with Crippen LogP contribution in [0, 0.1) is 0 Å². The van der Waals surface area contributed by atoms with Crippen LogP contribution in [0.3, 0.4) is 0 Å². The molecule has 182 valence electrons. The molecular formula is C27H34N2O5. The maximum Gasteiger partial charge on any atom is 0.242 e. The van der Waals surface area contributed by atoms with Crippen molar-refractivity contribution in [2.24, 2.45) is 0 Å². The van der Waals surface area contributed by atoms with Gasteiger partial charge in [0.15, 0.2) is 11.5 Å². The van der Waals surface area contributed by atoms with Crippen LogP contribution in [0.25, 0.3) is 0 Å². The van der Waals surface area contributed by atoms with Gasteiger partial charge in [0, 0.05) is 19.0 Å². The quantitative estimate of drug-likeness (QED) is 0.607. The van der Waals surface area contributed by atoms with E-state index in [1.54, 1.807) is 12.0 Å². The molecule has 0 unspecified atom stereocenters. The summed E-state index contributed by atoms with van der Waals surface area (Å²) in [4.78, 5) is 28.1. The SMILES string of the molecule is COc1cccc(CN(C(=O)CCc2ccc3c(c2)OCCO3)[C@@H](C)C(=O)NC2CCCC2)c1. The second-order valence-corrected chi connectivity index (χ2v) is 9.02. The normalized spacial score (nSPS) is 16.1. The Morgan fingerprint density at radius 1 is 1.06 bits per heavy atom. The van der Waals surface area contributed by atoms with Gasteiger partial charge in [-0.25, -0.2) is 0 Å². The summed E-state index contributed by atoms with van der Waals surface area (Å²) in [6, 6.07) is 13.0. The summed E-state index contributed by atoms with van der Waals surface area (Å²) in [7, 11) is 1.62.